The van der Waals surface area contributed by atoms with E-state index in [1.165, 1.54) is 0 Å². The van der Waals surface area contributed by atoms with Gasteiger partial charge in [-0.2, -0.15) is 0 Å². The van der Waals surface area contributed by atoms with E-state index < -0.39 is 11.8 Å². The van der Waals surface area contributed by atoms with Crippen LogP contribution in [0.4, 0.5) is 5.69 Å². The predicted molar refractivity (Wildman–Crippen MR) is 115 cm³/mol. The molecule has 0 fully saturated rings. The Hall–Kier alpha value is -4.13. The van der Waals surface area contributed by atoms with Crippen molar-refractivity contribution in [2.24, 2.45) is 7.05 Å². The molecule has 0 spiro atoms. The van der Waals surface area contributed by atoms with Crippen LogP contribution in [0.3, 0.4) is 0 Å². The van der Waals surface area contributed by atoms with Crippen LogP contribution in [-0.4, -0.2) is 29.4 Å². The fraction of sp³-hybridized carbons (Fsp3) is 0.0870. The van der Waals surface area contributed by atoms with Crippen molar-refractivity contribution < 1.29 is 19.1 Å². The number of nitrogens with zero attached hydrogens (tertiary/aromatic N) is 1. The number of aryl methyl sites for hydroxylation is 1. The number of anilines is 1. The molecule has 30 heavy (non-hydrogen) atoms. The molecule has 1 aliphatic heterocycles. The number of nitrogens with one attached hydrogen (secondary N) is 2. The van der Waals surface area contributed by atoms with Gasteiger partial charge in [0.2, 0.25) is 5.91 Å². The number of rotatable bonds is 5. The van der Waals surface area contributed by atoms with Crippen molar-refractivity contribution in [2.75, 3.05) is 12.4 Å². The number of carbonyl (C=O) groups is 3. The number of carbonyl (C=O) groups excluding carboxylic acids is 3. The molecule has 150 valence electrons. The fourth-order valence-electron chi connectivity index (χ4n) is 3.62. The van der Waals surface area contributed by atoms with E-state index in [0.29, 0.717) is 28.1 Å². The summed E-state index contributed by atoms with van der Waals surface area (Å²) in [4.78, 5) is 37.1. The van der Waals surface area contributed by atoms with Gasteiger partial charge in [-0.15, -0.1) is 0 Å². The van der Waals surface area contributed by atoms with Gasteiger partial charge < -0.3 is 14.6 Å². The highest BCUT2D eigenvalue weighted by molar-refractivity contribution is 6.50. The number of hydrogen-bond acceptors (Lipinski definition) is 4. The zero-order valence-corrected chi connectivity index (χ0v) is 16.5. The van der Waals surface area contributed by atoms with E-state index in [9.17, 15) is 14.4 Å². The van der Waals surface area contributed by atoms with Crippen LogP contribution in [0, 0.1) is 0 Å². The number of imide groups is 1. The molecule has 2 heterocycles. The molecule has 2 N–H and O–H groups in total. The number of benzene rings is 2. The Kier molecular flexibility index (Phi) is 4.71. The van der Waals surface area contributed by atoms with Gasteiger partial charge in [0.05, 0.1) is 23.8 Å². The number of fused-ring (bicyclic) bond motifs is 1. The Morgan fingerprint density at radius 1 is 1.13 bits per heavy atom. The van der Waals surface area contributed by atoms with Crippen LogP contribution in [-0.2, 0) is 21.4 Å². The third-order valence-electron chi connectivity index (χ3n) is 5.00. The van der Waals surface area contributed by atoms with Gasteiger partial charge in [-0.3, -0.25) is 19.7 Å². The number of methoxy groups -OCH3 is 1. The van der Waals surface area contributed by atoms with Crippen molar-refractivity contribution in [3.63, 3.8) is 0 Å². The minimum Gasteiger partial charge on any atom is -0.497 e. The third-order valence-corrected chi connectivity index (χ3v) is 5.00. The van der Waals surface area contributed by atoms with Crippen LogP contribution in [0.25, 0.3) is 22.0 Å². The monoisotopic (exact) mass is 401 g/mol. The highest BCUT2D eigenvalue weighted by Crippen LogP contribution is 2.37. The molecule has 0 saturated heterocycles. The highest BCUT2D eigenvalue weighted by atomic mass is 16.5. The van der Waals surface area contributed by atoms with Gasteiger partial charge in [-0.1, -0.05) is 18.7 Å². The second-order valence-electron chi connectivity index (χ2n) is 6.84. The number of hydrogen-bond donors (Lipinski definition) is 2. The lowest BCUT2D eigenvalue weighted by molar-refractivity contribution is -0.122. The Morgan fingerprint density at radius 2 is 1.90 bits per heavy atom. The maximum Gasteiger partial charge on any atom is 0.259 e. The first-order valence-corrected chi connectivity index (χ1v) is 9.20. The molecule has 2 aromatic carbocycles. The average Bonchev–Trinajstić information content (AvgIpc) is 3.22. The second-order valence-corrected chi connectivity index (χ2v) is 6.84. The molecule has 0 saturated carbocycles. The minimum absolute atomic E-state index is 0.262. The van der Waals surface area contributed by atoms with Gasteiger partial charge in [-0.05, 0) is 35.9 Å². The van der Waals surface area contributed by atoms with Crippen molar-refractivity contribution in [1.29, 1.82) is 0 Å². The summed E-state index contributed by atoms with van der Waals surface area (Å²) < 4.78 is 7.18. The first-order valence-electron chi connectivity index (χ1n) is 9.20. The Balaban J connectivity index is 1.91. The molecule has 1 aliphatic rings. The maximum atomic E-state index is 12.7. The Morgan fingerprint density at radius 3 is 2.63 bits per heavy atom. The summed E-state index contributed by atoms with van der Waals surface area (Å²) >= 11 is 0. The summed E-state index contributed by atoms with van der Waals surface area (Å²) in [7, 11) is 3.46. The average molecular weight is 401 g/mol. The van der Waals surface area contributed by atoms with E-state index in [1.807, 2.05) is 36.0 Å². The highest BCUT2D eigenvalue weighted by Gasteiger charge is 2.33. The molecule has 7 heteroatoms. The maximum absolute atomic E-state index is 12.7. The quantitative estimate of drug-likeness (QED) is 0.508. The Bertz CT molecular complexity index is 1270. The summed E-state index contributed by atoms with van der Waals surface area (Å²) in [5.41, 5.74) is 3.10. The number of ether oxygens (including phenoxy) is 1. The van der Waals surface area contributed by atoms with Crippen LogP contribution >= 0.6 is 0 Å². The zero-order valence-electron chi connectivity index (χ0n) is 16.5. The second kappa shape index (κ2) is 7.36. The zero-order chi connectivity index (χ0) is 21.4. The molecule has 0 radical (unpaired) electrons. The van der Waals surface area contributed by atoms with Gasteiger partial charge in [0, 0.05) is 35.9 Å². The van der Waals surface area contributed by atoms with Crippen LogP contribution in [0.15, 0.2) is 61.3 Å². The van der Waals surface area contributed by atoms with Crippen molar-refractivity contribution >= 4 is 45.5 Å². The van der Waals surface area contributed by atoms with Crippen LogP contribution < -0.4 is 15.4 Å². The van der Waals surface area contributed by atoms with Gasteiger partial charge >= 0.3 is 0 Å². The van der Waals surface area contributed by atoms with Gasteiger partial charge in [0.15, 0.2) is 0 Å². The topological polar surface area (TPSA) is 89.4 Å². The lowest BCUT2D eigenvalue weighted by Gasteiger charge is -2.07. The summed E-state index contributed by atoms with van der Waals surface area (Å²) in [6, 6.07) is 12.3. The van der Waals surface area contributed by atoms with Gasteiger partial charge in [-0.25, -0.2) is 0 Å². The first-order chi connectivity index (χ1) is 14.4. The molecule has 0 bridgehead atoms. The van der Waals surface area contributed by atoms with Crippen molar-refractivity contribution in [3.05, 3.63) is 72.4 Å². The lowest BCUT2D eigenvalue weighted by atomic mass is 9.95. The molecule has 0 aliphatic carbocycles. The standard InChI is InChI=1S/C23H19N3O4/c1-4-19(27)24-14-7-5-6-13(10-14)20-21(23(29)25-22(20)28)17-12-26(2)18-11-15(30-3)8-9-16(17)18/h4-12H,1H2,2-3H3,(H,24,27)(H,25,28,29). The Labute approximate surface area is 172 Å². The molecule has 1 aromatic heterocycles. The van der Waals surface area contributed by atoms with Gasteiger partial charge in [0.1, 0.15) is 5.75 Å². The van der Waals surface area contributed by atoms with E-state index in [-0.39, 0.29) is 11.5 Å². The predicted octanol–water partition coefficient (Wildman–Crippen LogP) is 2.88. The third kappa shape index (κ3) is 3.16. The van der Waals surface area contributed by atoms with Crippen molar-refractivity contribution in [1.82, 2.24) is 9.88 Å². The molecular formula is C23H19N3O4. The lowest BCUT2D eigenvalue weighted by Crippen LogP contribution is -2.22. The molecular weight excluding hydrogens is 382 g/mol. The van der Waals surface area contributed by atoms with Crippen molar-refractivity contribution in [3.8, 4) is 5.75 Å². The summed E-state index contributed by atoms with van der Waals surface area (Å²) in [5.74, 6) is -0.607. The largest absolute Gasteiger partial charge is 0.497 e. The molecule has 4 rings (SSSR count). The van der Waals surface area contributed by atoms with Crippen LogP contribution in [0.5, 0.6) is 5.75 Å². The molecule has 3 amide bonds. The van der Waals surface area contributed by atoms with Crippen LogP contribution in [0.2, 0.25) is 0 Å². The number of aromatic nitrogens is 1. The normalized spacial score (nSPS) is 13.5. The fourth-order valence-corrected chi connectivity index (χ4v) is 3.62. The van der Waals surface area contributed by atoms with E-state index in [1.54, 1.807) is 31.4 Å². The molecule has 7 nitrogen and oxygen atoms in total. The summed E-state index contributed by atoms with van der Waals surface area (Å²) in [5, 5.41) is 5.89. The smallest absolute Gasteiger partial charge is 0.259 e. The van der Waals surface area contributed by atoms with E-state index in [2.05, 4.69) is 17.2 Å². The first kappa shape index (κ1) is 19.2. The molecule has 0 unspecified atom stereocenters. The molecule has 3 aromatic rings. The SMILES string of the molecule is C=CC(=O)Nc1cccc(C2=C(c3cn(C)c4cc(OC)ccc34)C(=O)NC2=O)c1. The van der Waals surface area contributed by atoms with Crippen LogP contribution in [0.1, 0.15) is 11.1 Å². The molecule has 0 atom stereocenters. The van der Waals surface area contributed by atoms with Gasteiger partial charge in [0.25, 0.3) is 11.8 Å². The van der Waals surface area contributed by atoms with E-state index >= 15 is 0 Å². The van der Waals surface area contributed by atoms with E-state index in [4.69, 9.17) is 4.74 Å². The summed E-state index contributed by atoms with van der Waals surface area (Å²) in [6.45, 7) is 3.43. The van der Waals surface area contributed by atoms with E-state index in [0.717, 1.165) is 17.0 Å². The minimum atomic E-state index is -0.479. The summed E-state index contributed by atoms with van der Waals surface area (Å²) in [6.07, 6.45) is 2.98. The number of amides is 3. The van der Waals surface area contributed by atoms with Crippen molar-refractivity contribution in [2.45, 2.75) is 0 Å².